The highest BCUT2D eigenvalue weighted by atomic mass is 19.4. The average molecular weight is 408 g/mol. The minimum atomic E-state index is -5.08. The van der Waals surface area contributed by atoms with Gasteiger partial charge in [-0.05, 0) is 36.8 Å². The molecule has 1 aliphatic carbocycles. The summed E-state index contributed by atoms with van der Waals surface area (Å²) >= 11 is 0. The molecule has 154 valence electrons. The molecular weight excluding hydrogens is 389 g/mol. The zero-order chi connectivity index (χ0) is 21.3. The van der Waals surface area contributed by atoms with E-state index in [1.54, 1.807) is 4.90 Å². The number of likely N-dealkylation sites (tertiary alicyclic amines) is 1. The molecule has 1 saturated heterocycles. The number of piperidine rings is 1. The standard InChI is InChI=1S/C17H18N4O.C2HF3O2/c18-8-12-5-10-7-16(10)21(12)17(22)14(19)6-11-9-20-15-4-2-1-3-13(11)15;3-2(4,5)1(6)7/h1-4,9-10,12,14,16,20H,5-7,19H2;(H,6,7)/t10-,12?,14+,16+;/m1./s1. The number of nitrogens with two attached hydrogens (primary N) is 1. The number of carbonyl (C=O) groups excluding carboxylic acids is 1. The molecule has 0 radical (unpaired) electrons. The summed E-state index contributed by atoms with van der Waals surface area (Å²) in [6.07, 6.45) is -0.825. The molecule has 4 atom stereocenters. The van der Waals surface area contributed by atoms with Gasteiger partial charge in [0.2, 0.25) is 5.91 Å². The van der Waals surface area contributed by atoms with Crippen molar-refractivity contribution in [1.82, 2.24) is 9.88 Å². The van der Waals surface area contributed by atoms with Gasteiger partial charge in [-0.2, -0.15) is 18.4 Å². The Bertz CT molecular complexity index is 965. The van der Waals surface area contributed by atoms with Crippen LogP contribution >= 0.6 is 0 Å². The smallest absolute Gasteiger partial charge is 0.475 e. The van der Waals surface area contributed by atoms with Crippen LogP contribution in [0.15, 0.2) is 30.5 Å². The van der Waals surface area contributed by atoms with E-state index in [9.17, 15) is 23.2 Å². The molecule has 2 fully saturated rings. The third kappa shape index (κ3) is 4.35. The van der Waals surface area contributed by atoms with Gasteiger partial charge >= 0.3 is 12.1 Å². The number of nitrogens with one attached hydrogen (secondary N) is 1. The van der Waals surface area contributed by atoms with Crippen LogP contribution in [0.5, 0.6) is 0 Å². The van der Waals surface area contributed by atoms with E-state index in [4.69, 9.17) is 15.6 Å². The molecule has 10 heteroatoms. The number of benzene rings is 1. The lowest BCUT2D eigenvalue weighted by Crippen LogP contribution is -2.48. The fraction of sp³-hybridized carbons (Fsp3) is 0.421. The molecule has 1 aliphatic heterocycles. The second kappa shape index (κ2) is 7.75. The number of amides is 1. The second-order valence-electron chi connectivity index (χ2n) is 7.16. The Balaban J connectivity index is 0.000000298. The Morgan fingerprint density at radius 1 is 1.34 bits per heavy atom. The number of carboxylic acids is 1. The van der Waals surface area contributed by atoms with Gasteiger partial charge in [-0.15, -0.1) is 0 Å². The number of aromatic nitrogens is 1. The summed E-state index contributed by atoms with van der Waals surface area (Å²) in [5.74, 6) is -2.32. The Labute approximate surface area is 163 Å². The van der Waals surface area contributed by atoms with E-state index in [1.807, 2.05) is 30.5 Å². The van der Waals surface area contributed by atoms with Crippen molar-refractivity contribution in [1.29, 1.82) is 5.26 Å². The van der Waals surface area contributed by atoms with Crippen LogP contribution in [0.4, 0.5) is 13.2 Å². The topological polar surface area (TPSA) is 123 Å². The van der Waals surface area contributed by atoms with E-state index in [1.165, 1.54) is 0 Å². The lowest BCUT2D eigenvalue weighted by molar-refractivity contribution is -0.192. The van der Waals surface area contributed by atoms with Gasteiger partial charge in [0.25, 0.3) is 0 Å². The average Bonchev–Trinajstić information content (AvgIpc) is 3.16. The zero-order valence-corrected chi connectivity index (χ0v) is 15.2. The highest BCUT2D eigenvalue weighted by molar-refractivity contribution is 5.87. The number of H-pyrrole nitrogens is 1. The predicted octanol–water partition coefficient (Wildman–Crippen LogP) is 2.18. The summed E-state index contributed by atoms with van der Waals surface area (Å²) in [4.78, 5) is 26.5. The van der Waals surface area contributed by atoms with Gasteiger partial charge in [0.15, 0.2) is 0 Å². The van der Waals surface area contributed by atoms with E-state index in [0.29, 0.717) is 12.3 Å². The maximum Gasteiger partial charge on any atom is 0.490 e. The fourth-order valence-corrected chi connectivity index (χ4v) is 3.71. The number of aromatic amines is 1. The molecule has 2 aliphatic rings. The summed E-state index contributed by atoms with van der Waals surface area (Å²) in [5, 5.41) is 17.4. The van der Waals surface area contributed by atoms with Gasteiger partial charge in [0.05, 0.1) is 12.1 Å². The maximum atomic E-state index is 12.7. The zero-order valence-electron chi connectivity index (χ0n) is 15.2. The molecule has 0 bridgehead atoms. The van der Waals surface area contributed by atoms with Crippen LogP contribution in [0.2, 0.25) is 0 Å². The minimum absolute atomic E-state index is 0.0816. The largest absolute Gasteiger partial charge is 0.490 e. The van der Waals surface area contributed by atoms with Crippen LogP contribution in [0, 0.1) is 17.2 Å². The van der Waals surface area contributed by atoms with Crippen LogP contribution in [-0.4, -0.2) is 51.2 Å². The van der Waals surface area contributed by atoms with Crippen molar-refractivity contribution in [2.24, 2.45) is 11.7 Å². The third-order valence-electron chi connectivity index (χ3n) is 5.18. The van der Waals surface area contributed by atoms with Gasteiger partial charge in [-0.25, -0.2) is 4.79 Å². The first-order valence-corrected chi connectivity index (χ1v) is 8.96. The number of carboxylic acid groups (broad SMARTS) is 1. The first-order valence-electron chi connectivity index (χ1n) is 8.96. The summed E-state index contributed by atoms with van der Waals surface area (Å²) in [7, 11) is 0. The van der Waals surface area contributed by atoms with Crippen LogP contribution in [0.3, 0.4) is 0 Å². The molecule has 29 heavy (non-hydrogen) atoms. The summed E-state index contributed by atoms with van der Waals surface area (Å²) in [6, 6.07) is 9.62. The number of hydrogen-bond acceptors (Lipinski definition) is 4. The number of fused-ring (bicyclic) bond motifs is 2. The number of hydrogen-bond donors (Lipinski definition) is 3. The van der Waals surface area contributed by atoms with E-state index in [2.05, 4.69) is 11.1 Å². The Hall–Kier alpha value is -3.06. The Morgan fingerprint density at radius 3 is 2.62 bits per heavy atom. The van der Waals surface area contributed by atoms with Crippen LogP contribution < -0.4 is 5.73 Å². The quantitative estimate of drug-likeness (QED) is 0.718. The number of aliphatic carboxylic acids is 1. The van der Waals surface area contributed by atoms with Gasteiger partial charge in [-0.1, -0.05) is 18.2 Å². The van der Waals surface area contributed by atoms with Gasteiger partial charge < -0.3 is 20.7 Å². The number of halogens is 3. The van der Waals surface area contributed by atoms with Crippen LogP contribution in [0.25, 0.3) is 10.9 Å². The van der Waals surface area contributed by atoms with Crippen molar-refractivity contribution in [2.75, 3.05) is 0 Å². The molecule has 1 amide bonds. The monoisotopic (exact) mass is 408 g/mol. The molecule has 2 aromatic rings. The molecule has 4 rings (SSSR count). The number of rotatable bonds is 3. The number of nitriles is 1. The van der Waals surface area contributed by atoms with Crippen molar-refractivity contribution >= 4 is 22.8 Å². The number of carbonyl (C=O) groups is 2. The van der Waals surface area contributed by atoms with Crippen LogP contribution in [0.1, 0.15) is 18.4 Å². The van der Waals surface area contributed by atoms with E-state index in [-0.39, 0.29) is 18.0 Å². The number of para-hydroxylation sites is 1. The van der Waals surface area contributed by atoms with Gasteiger partial charge in [-0.3, -0.25) is 4.79 Å². The number of nitrogens with zero attached hydrogens (tertiary/aromatic N) is 2. The summed E-state index contributed by atoms with van der Waals surface area (Å²) in [6.45, 7) is 0. The molecule has 1 saturated carbocycles. The Morgan fingerprint density at radius 2 is 2.00 bits per heavy atom. The Kier molecular flexibility index (Phi) is 5.53. The maximum absolute atomic E-state index is 12.7. The molecule has 1 aromatic carbocycles. The first-order chi connectivity index (χ1) is 13.6. The van der Waals surface area contributed by atoms with Gasteiger partial charge in [0, 0.05) is 23.1 Å². The lowest BCUT2D eigenvalue weighted by Gasteiger charge is -2.25. The van der Waals surface area contributed by atoms with E-state index in [0.717, 1.165) is 29.3 Å². The predicted molar refractivity (Wildman–Crippen MR) is 96.4 cm³/mol. The third-order valence-corrected chi connectivity index (χ3v) is 5.18. The molecule has 1 aromatic heterocycles. The van der Waals surface area contributed by atoms with E-state index < -0.39 is 18.2 Å². The van der Waals surface area contributed by atoms with Gasteiger partial charge in [0.1, 0.15) is 6.04 Å². The highest BCUT2D eigenvalue weighted by Crippen LogP contribution is 2.47. The molecule has 4 N–H and O–H groups in total. The molecule has 7 nitrogen and oxygen atoms in total. The van der Waals surface area contributed by atoms with E-state index >= 15 is 0 Å². The first kappa shape index (κ1) is 20.7. The second-order valence-corrected chi connectivity index (χ2v) is 7.16. The molecule has 1 unspecified atom stereocenters. The van der Waals surface area contributed by atoms with Crippen molar-refractivity contribution in [3.8, 4) is 6.07 Å². The van der Waals surface area contributed by atoms with Crippen molar-refractivity contribution in [3.05, 3.63) is 36.0 Å². The summed E-state index contributed by atoms with van der Waals surface area (Å²) in [5.41, 5.74) is 8.27. The van der Waals surface area contributed by atoms with Crippen molar-refractivity contribution < 1.29 is 27.9 Å². The lowest BCUT2D eigenvalue weighted by atomic mass is 10.0. The normalized spacial score (nSPS) is 23.6. The number of alkyl halides is 3. The molecule has 2 heterocycles. The molecule has 0 spiro atoms. The van der Waals surface area contributed by atoms with Crippen molar-refractivity contribution in [2.45, 2.75) is 43.6 Å². The molecular formula is C19H19F3N4O3. The van der Waals surface area contributed by atoms with Crippen LogP contribution in [-0.2, 0) is 16.0 Å². The SMILES string of the molecule is N#CC1C[C@@H]2C[C@@H]2N1C(=O)[C@@H](N)Cc1c[nH]c2ccccc12.O=C(O)C(F)(F)F. The summed E-state index contributed by atoms with van der Waals surface area (Å²) < 4.78 is 31.7. The fourth-order valence-electron chi connectivity index (χ4n) is 3.71. The van der Waals surface area contributed by atoms with Crippen molar-refractivity contribution in [3.63, 3.8) is 0 Å². The minimum Gasteiger partial charge on any atom is -0.475 e. The highest BCUT2D eigenvalue weighted by Gasteiger charge is 2.54.